The molecule has 2 aliphatic rings. The number of likely N-dealkylation sites (N-methyl/N-ethyl adjacent to an activating group) is 1. The van der Waals surface area contributed by atoms with Crippen molar-refractivity contribution in [3.8, 4) is 11.5 Å². The molecule has 8 heteroatoms. The van der Waals surface area contributed by atoms with Gasteiger partial charge < -0.3 is 29.9 Å². The number of rotatable bonds is 7. The smallest absolute Gasteiger partial charge is 0.319 e. The van der Waals surface area contributed by atoms with Crippen LogP contribution in [0.25, 0.3) is 0 Å². The second kappa shape index (κ2) is 8.94. The fourth-order valence-electron chi connectivity index (χ4n) is 3.36. The van der Waals surface area contributed by atoms with E-state index in [0.29, 0.717) is 43.4 Å². The van der Waals surface area contributed by atoms with Crippen molar-refractivity contribution in [3.05, 3.63) is 18.2 Å². The van der Waals surface area contributed by atoms with Gasteiger partial charge in [-0.1, -0.05) is 0 Å². The lowest BCUT2D eigenvalue weighted by molar-refractivity contribution is -0.129. The Balaban J connectivity index is 1.43. The van der Waals surface area contributed by atoms with Crippen LogP contribution in [-0.2, 0) is 4.79 Å². The number of ether oxygens (including phenoxy) is 2. The third-order valence-corrected chi connectivity index (χ3v) is 4.80. The first-order valence-electron chi connectivity index (χ1n) is 9.41. The van der Waals surface area contributed by atoms with Gasteiger partial charge in [-0.3, -0.25) is 4.79 Å². The lowest BCUT2D eigenvalue weighted by Crippen LogP contribution is -2.40. The van der Waals surface area contributed by atoms with Crippen molar-refractivity contribution in [3.63, 3.8) is 0 Å². The molecule has 2 heterocycles. The highest BCUT2D eigenvalue weighted by atomic mass is 16.6. The summed E-state index contributed by atoms with van der Waals surface area (Å²) >= 11 is 0. The second-order valence-electron chi connectivity index (χ2n) is 7.11. The number of urea groups is 1. The summed E-state index contributed by atoms with van der Waals surface area (Å²) in [6.45, 7) is 3.15. The quantitative estimate of drug-likeness (QED) is 0.754. The molecule has 1 fully saturated rings. The van der Waals surface area contributed by atoms with Gasteiger partial charge in [-0.2, -0.15) is 0 Å². The van der Waals surface area contributed by atoms with Crippen molar-refractivity contribution in [2.45, 2.75) is 25.3 Å². The number of amides is 3. The number of likely N-dealkylation sites (tertiary alicyclic amines) is 1. The Morgan fingerprint density at radius 2 is 2.04 bits per heavy atom. The Morgan fingerprint density at radius 1 is 1.26 bits per heavy atom. The standard InChI is InChI=1S/C19H28N4O4/c1-22(2)9-10-23-15(4-6-18(23)24)7-8-20-19(25)21-14-3-5-16-17(13-14)27-12-11-26-16/h3,5,13,15H,4,6-12H2,1-2H3,(H2,20,21,25)/t15-/m0/s1. The number of hydrogen-bond acceptors (Lipinski definition) is 5. The molecule has 1 aromatic carbocycles. The third kappa shape index (κ3) is 5.26. The van der Waals surface area contributed by atoms with Crippen LogP contribution in [0.15, 0.2) is 18.2 Å². The normalized spacial score (nSPS) is 18.7. The van der Waals surface area contributed by atoms with E-state index in [2.05, 4.69) is 15.5 Å². The Hall–Kier alpha value is -2.48. The monoisotopic (exact) mass is 376 g/mol. The molecule has 0 aromatic heterocycles. The Kier molecular flexibility index (Phi) is 6.39. The van der Waals surface area contributed by atoms with Crippen molar-refractivity contribution < 1.29 is 19.1 Å². The predicted octanol–water partition coefficient (Wildman–Crippen LogP) is 1.52. The number of carbonyl (C=O) groups is 2. The van der Waals surface area contributed by atoms with E-state index in [0.717, 1.165) is 25.9 Å². The number of benzene rings is 1. The van der Waals surface area contributed by atoms with Gasteiger partial charge in [0, 0.05) is 43.9 Å². The van der Waals surface area contributed by atoms with E-state index in [-0.39, 0.29) is 18.0 Å². The van der Waals surface area contributed by atoms with E-state index in [1.807, 2.05) is 19.0 Å². The van der Waals surface area contributed by atoms with Gasteiger partial charge in [-0.15, -0.1) is 0 Å². The van der Waals surface area contributed by atoms with Crippen LogP contribution in [-0.4, -0.2) is 74.7 Å². The van der Waals surface area contributed by atoms with Gasteiger partial charge in [0.05, 0.1) is 0 Å². The van der Waals surface area contributed by atoms with Crippen molar-refractivity contribution >= 4 is 17.6 Å². The molecule has 2 aliphatic heterocycles. The molecule has 0 saturated carbocycles. The maximum absolute atomic E-state index is 12.1. The van der Waals surface area contributed by atoms with Gasteiger partial charge in [0.25, 0.3) is 0 Å². The van der Waals surface area contributed by atoms with Gasteiger partial charge in [0.15, 0.2) is 11.5 Å². The van der Waals surface area contributed by atoms with Crippen LogP contribution in [0.3, 0.4) is 0 Å². The summed E-state index contributed by atoms with van der Waals surface area (Å²) in [5, 5.41) is 5.67. The zero-order valence-corrected chi connectivity index (χ0v) is 16.0. The van der Waals surface area contributed by atoms with Crippen LogP contribution < -0.4 is 20.1 Å². The predicted molar refractivity (Wildman–Crippen MR) is 102 cm³/mol. The molecule has 0 aliphatic carbocycles. The van der Waals surface area contributed by atoms with Crippen LogP contribution in [0.4, 0.5) is 10.5 Å². The topological polar surface area (TPSA) is 83.1 Å². The molecule has 148 valence electrons. The highest BCUT2D eigenvalue weighted by molar-refractivity contribution is 5.89. The summed E-state index contributed by atoms with van der Waals surface area (Å²) in [7, 11) is 4.00. The fourth-order valence-corrected chi connectivity index (χ4v) is 3.36. The van der Waals surface area contributed by atoms with E-state index >= 15 is 0 Å². The van der Waals surface area contributed by atoms with Crippen molar-refractivity contribution in [1.29, 1.82) is 0 Å². The minimum Gasteiger partial charge on any atom is -0.486 e. The molecule has 0 unspecified atom stereocenters. The molecule has 2 N–H and O–H groups in total. The van der Waals surface area contributed by atoms with Gasteiger partial charge in [0.2, 0.25) is 5.91 Å². The zero-order valence-electron chi connectivity index (χ0n) is 16.0. The Bertz CT molecular complexity index is 680. The van der Waals surface area contributed by atoms with E-state index in [1.54, 1.807) is 18.2 Å². The average Bonchev–Trinajstić information content (AvgIpc) is 2.99. The first kappa shape index (κ1) is 19.3. The highest BCUT2D eigenvalue weighted by Gasteiger charge is 2.30. The van der Waals surface area contributed by atoms with Crippen LogP contribution in [0.2, 0.25) is 0 Å². The largest absolute Gasteiger partial charge is 0.486 e. The number of hydrogen-bond donors (Lipinski definition) is 2. The maximum Gasteiger partial charge on any atom is 0.319 e. The lowest BCUT2D eigenvalue weighted by atomic mass is 10.1. The molecule has 1 saturated heterocycles. The summed E-state index contributed by atoms with van der Waals surface area (Å²) in [5.74, 6) is 1.54. The van der Waals surface area contributed by atoms with Crippen LogP contribution >= 0.6 is 0 Å². The molecule has 0 spiro atoms. The average molecular weight is 376 g/mol. The zero-order chi connectivity index (χ0) is 19.2. The number of anilines is 1. The Morgan fingerprint density at radius 3 is 2.81 bits per heavy atom. The summed E-state index contributed by atoms with van der Waals surface area (Å²) < 4.78 is 11.0. The summed E-state index contributed by atoms with van der Waals surface area (Å²) in [6, 6.07) is 5.26. The number of nitrogens with one attached hydrogen (secondary N) is 2. The van der Waals surface area contributed by atoms with E-state index in [4.69, 9.17) is 9.47 Å². The molecule has 8 nitrogen and oxygen atoms in total. The van der Waals surface area contributed by atoms with Gasteiger partial charge >= 0.3 is 6.03 Å². The second-order valence-corrected chi connectivity index (χ2v) is 7.11. The lowest BCUT2D eigenvalue weighted by Gasteiger charge is -2.26. The molecule has 3 amide bonds. The fraction of sp³-hybridized carbons (Fsp3) is 0.579. The highest BCUT2D eigenvalue weighted by Crippen LogP contribution is 2.32. The van der Waals surface area contributed by atoms with E-state index in [1.165, 1.54) is 0 Å². The van der Waals surface area contributed by atoms with Crippen LogP contribution in [0.5, 0.6) is 11.5 Å². The summed E-state index contributed by atoms with van der Waals surface area (Å²) in [4.78, 5) is 28.2. The van der Waals surface area contributed by atoms with Gasteiger partial charge in [0.1, 0.15) is 13.2 Å². The molecular weight excluding hydrogens is 348 g/mol. The maximum atomic E-state index is 12.1. The first-order chi connectivity index (χ1) is 13.0. The SMILES string of the molecule is CN(C)CCN1C(=O)CC[C@H]1CCNC(=O)Nc1ccc2c(c1)OCCO2. The molecule has 1 atom stereocenters. The van der Waals surface area contributed by atoms with Gasteiger partial charge in [-0.05, 0) is 39.1 Å². The van der Waals surface area contributed by atoms with E-state index < -0.39 is 0 Å². The molecular formula is C19H28N4O4. The van der Waals surface area contributed by atoms with Gasteiger partial charge in [-0.25, -0.2) is 4.79 Å². The summed E-state index contributed by atoms with van der Waals surface area (Å²) in [5.41, 5.74) is 0.653. The minimum atomic E-state index is -0.268. The first-order valence-corrected chi connectivity index (χ1v) is 9.41. The molecule has 1 aromatic rings. The summed E-state index contributed by atoms with van der Waals surface area (Å²) in [6.07, 6.45) is 2.22. The third-order valence-electron chi connectivity index (χ3n) is 4.80. The van der Waals surface area contributed by atoms with E-state index in [9.17, 15) is 9.59 Å². The molecule has 0 radical (unpaired) electrons. The minimum absolute atomic E-state index is 0.201. The molecule has 0 bridgehead atoms. The van der Waals surface area contributed by atoms with Crippen LogP contribution in [0.1, 0.15) is 19.3 Å². The number of fused-ring (bicyclic) bond motifs is 1. The van der Waals surface area contributed by atoms with Crippen LogP contribution in [0, 0.1) is 0 Å². The number of nitrogens with zero attached hydrogens (tertiary/aromatic N) is 2. The molecule has 27 heavy (non-hydrogen) atoms. The van der Waals surface area contributed by atoms with Crippen molar-refractivity contribution in [2.75, 3.05) is 52.3 Å². The Labute approximate surface area is 159 Å². The van der Waals surface area contributed by atoms with Crippen molar-refractivity contribution in [2.24, 2.45) is 0 Å². The molecule has 3 rings (SSSR count). The number of carbonyl (C=O) groups excluding carboxylic acids is 2. The van der Waals surface area contributed by atoms with Crippen molar-refractivity contribution in [1.82, 2.24) is 15.1 Å².